The second-order valence-corrected chi connectivity index (χ2v) is 4.30. The Hall–Kier alpha value is -1.90. The SMILES string of the molecule is CN(CCC(F)(F)F)c1nc(Cl)nc(-n2ccnc2)n1. The highest BCUT2D eigenvalue weighted by Crippen LogP contribution is 2.21. The summed E-state index contributed by atoms with van der Waals surface area (Å²) in [5, 5.41) is -0.0995. The Balaban J connectivity index is 2.20. The van der Waals surface area contributed by atoms with E-state index in [9.17, 15) is 13.2 Å². The monoisotopic (exact) mass is 306 g/mol. The van der Waals surface area contributed by atoms with E-state index in [2.05, 4.69) is 19.9 Å². The molecule has 2 rings (SSSR count). The molecule has 10 heteroatoms. The molecule has 0 aliphatic carbocycles. The normalized spacial score (nSPS) is 11.7. The van der Waals surface area contributed by atoms with Crippen LogP contribution in [-0.4, -0.2) is 44.3 Å². The number of aromatic nitrogens is 5. The predicted molar refractivity (Wildman–Crippen MR) is 65.9 cm³/mol. The van der Waals surface area contributed by atoms with Crippen LogP contribution in [-0.2, 0) is 0 Å². The lowest BCUT2D eigenvalue weighted by Gasteiger charge is -2.18. The quantitative estimate of drug-likeness (QED) is 0.865. The molecule has 0 atom stereocenters. The lowest BCUT2D eigenvalue weighted by molar-refractivity contribution is -0.132. The fraction of sp³-hybridized carbons (Fsp3) is 0.400. The molecule has 2 heterocycles. The predicted octanol–water partition coefficient (Wildman–Crippen LogP) is 2.10. The number of rotatable bonds is 4. The van der Waals surface area contributed by atoms with Crippen LogP contribution < -0.4 is 4.90 Å². The first-order valence-electron chi connectivity index (χ1n) is 5.53. The van der Waals surface area contributed by atoms with E-state index in [4.69, 9.17) is 11.6 Å². The average molecular weight is 307 g/mol. The number of anilines is 1. The van der Waals surface area contributed by atoms with E-state index in [1.54, 1.807) is 6.20 Å². The maximum atomic E-state index is 12.2. The van der Waals surface area contributed by atoms with Crippen molar-refractivity contribution in [2.24, 2.45) is 0 Å². The highest BCUT2D eigenvalue weighted by molar-refractivity contribution is 6.28. The van der Waals surface area contributed by atoms with Crippen molar-refractivity contribution < 1.29 is 13.2 Å². The van der Waals surface area contributed by atoms with Crippen LogP contribution >= 0.6 is 11.6 Å². The van der Waals surface area contributed by atoms with Crippen LogP contribution in [0.2, 0.25) is 5.28 Å². The van der Waals surface area contributed by atoms with Gasteiger partial charge >= 0.3 is 6.18 Å². The number of alkyl halides is 3. The van der Waals surface area contributed by atoms with Gasteiger partial charge in [0.15, 0.2) is 0 Å². The number of nitrogens with zero attached hydrogens (tertiary/aromatic N) is 6. The van der Waals surface area contributed by atoms with Crippen molar-refractivity contribution in [3.63, 3.8) is 0 Å². The zero-order chi connectivity index (χ0) is 14.8. The average Bonchev–Trinajstić information content (AvgIpc) is 2.88. The summed E-state index contributed by atoms with van der Waals surface area (Å²) in [5.74, 6) is 0.259. The molecular formula is C10H10ClF3N6. The van der Waals surface area contributed by atoms with Gasteiger partial charge in [-0.2, -0.15) is 28.1 Å². The van der Waals surface area contributed by atoms with Gasteiger partial charge in [0.1, 0.15) is 6.33 Å². The Labute approximate surface area is 117 Å². The summed E-state index contributed by atoms with van der Waals surface area (Å²) >= 11 is 5.76. The minimum absolute atomic E-state index is 0.0675. The third kappa shape index (κ3) is 3.80. The zero-order valence-electron chi connectivity index (χ0n) is 10.3. The lowest BCUT2D eigenvalue weighted by atomic mass is 10.4. The van der Waals surface area contributed by atoms with Crippen molar-refractivity contribution >= 4 is 17.5 Å². The lowest BCUT2D eigenvalue weighted by Crippen LogP contribution is -2.26. The van der Waals surface area contributed by atoms with E-state index in [1.807, 2.05) is 0 Å². The van der Waals surface area contributed by atoms with E-state index in [0.29, 0.717) is 0 Å². The fourth-order valence-corrected chi connectivity index (χ4v) is 1.54. The smallest absolute Gasteiger partial charge is 0.343 e. The van der Waals surface area contributed by atoms with Crippen LogP contribution in [0, 0.1) is 0 Å². The largest absolute Gasteiger partial charge is 0.390 e. The summed E-state index contributed by atoms with van der Waals surface area (Å²) in [5.41, 5.74) is 0. The van der Waals surface area contributed by atoms with Gasteiger partial charge in [0.25, 0.3) is 0 Å². The summed E-state index contributed by atoms with van der Waals surface area (Å²) in [6, 6.07) is 0. The third-order valence-electron chi connectivity index (χ3n) is 2.39. The molecule has 0 unspecified atom stereocenters. The van der Waals surface area contributed by atoms with Crippen molar-refractivity contribution in [2.75, 3.05) is 18.5 Å². The van der Waals surface area contributed by atoms with Gasteiger partial charge in [-0.1, -0.05) is 0 Å². The number of hydrogen-bond acceptors (Lipinski definition) is 5. The van der Waals surface area contributed by atoms with Crippen molar-refractivity contribution in [1.29, 1.82) is 0 Å². The van der Waals surface area contributed by atoms with E-state index in [-0.39, 0.29) is 23.7 Å². The van der Waals surface area contributed by atoms with Gasteiger partial charge in [0.2, 0.25) is 17.2 Å². The Morgan fingerprint density at radius 1 is 1.30 bits per heavy atom. The van der Waals surface area contributed by atoms with Gasteiger partial charge in [0.05, 0.1) is 6.42 Å². The molecule has 6 nitrogen and oxygen atoms in total. The summed E-state index contributed by atoms with van der Waals surface area (Å²) in [4.78, 5) is 16.8. The molecule has 2 aromatic rings. The van der Waals surface area contributed by atoms with Gasteiger partial charge in [0, 0.05) is 26.0 Å². The zero-order valence-corrected chi connectivity index (χ0v) is 11.1. The minimum atomic E-state index is -4.24. The number of imidazole rings is 1. The van der Waals surface area contributed by atoms with Gasteiger partial charge in [-0.3, -0.25) is 4.57 Å². The molecule has 0 aromatic carbocycles. The molecule has 0 amide bonds. The van der Waals surface area contributed by atoms with Crippen molar-refractivity contribution in [3.8, 4) is 5.95 Å². The Kier molecular flexibility index (Phi) is 4.07. The number of halogens is 4. The molecule has 0 spiro atoms. The number of hydrogen-bond donors (Lipinski definition) is 0. The molecule has 0 bridgehead atoms. The van der Waals surface area contributed by atoms with Crippen LogP contribution in [0.4, 0.5) is 19.1 Å². The summed E-state index contributed by atoms with van der Waals surface area (Å²) in [6.45, 7) is -0.271. The van der Waals surface area contributed by atoms with Gasteiger partial charge in [-0.05, 0) is 11.6 Å². The molecule has 0 saturated carbocycles. The molecule has 20 heavy (non-hydrogen) atoms. The first-order chi connectivity index (χ1) is 9.35. The van der Waals surface area contributed by atoms with E-state index >= 15 is 0 Å². The highest BCUT2D eigenvalue weighted by Gasteiger charge is 2.27. The van der Waals surface area contributed by atoms with Crippen LogP contribution in [0.5, 0.6) is 0 Å². The fourth-order valence-electron chi connectivity index (χ4n) is 1.39. The van der Waals surface area contributed by atoms with Crippen LogP contribution in [0.1, 0.15) is 6.42 Å². The molecule has 2 aromatic heterocycles. The molecular weight excluding hydrogens is 297 g/mol. The topological polar surface area (TPSA) is 59.7 Å². The molecule has 0 radical (unpaired) electrons. The van der Waals surface area contributed by atoms with Crippen molar-refractivity contribution in [3.05, 3.63) is 24.0 Å². The standard InChI is InChI=1S/C10H10ClF3N6/c1-19(4-2-10(12,13)14)8-16-7(11)17-9(18-8)20-5-3-15-6-20/h3,5-6H,2,4H2,1H3. The molecule has 0 fully saturated rings. The highest BCUT2D eigenvalue weighted by atomic mass is 35.5. The first kappa shape index (κ1) is 14.5. The van der Waals surface area contributed by atoms with E-state index < -0.39 is 12.6 Å². The van der Waals surface area contributed by atoms with Gasteiger partial charge in [-0.15, -0.1) is 0 Å². The molecule has 0 saturated heterocycles. The second-order valence-electron chi connectivity index (χ2n) is 3.96. The minimum Gasteiger partial charge on any atom is -0.343 e. The molecule has 0 N–H and O–H groups in total. The van der Waals surface area contributed by atoms with Gasteiger partial charge in [-0.25, -0.2) is 4.98 Å². The van der Waals surface area contributed by atoms with E-state index in [0.717, 1.165) is 0 Å². The maximum Gasteiger partial charge on any atom is 0.390 e. The first-order valence-corrected chi connectivity index (χ1v) is 5.91. The summed E-state index contributed by atoms with van der Waals surface area (Å²) < 4.78 is 38.1. The Morgan fingerprint density at radius 3 is 2.65 bits per heavy atom. The van der Waals surface area contributed by atoms with E-state index in [1.165, 1.54) is 29.0 Å². The van der Waals surface area contributed by atoms with Crippen molar-refractivity contribution in [2.45, 2.75) is 12.6 Å². The van der Waals surface area contributed by atoms with Crippen molar-refractivity contribution in [1.82, 2.24) is 24.5 Å². The second kappa shape index (κ2) is 5.61. The maximum absolute atomic E-state index is 12.2. The molecule has 0 aliphatic rings. The Morgan fingerprint density at radius 2 is 2.05 bits per heavy atom. The van der Waals surface area contributed by atoms with Gasteiger partial charge < -0.3 is 4.90 Å². The molecule has 108 valence electrons. The summed E-state index contributed by atoms with van der Waals surface area (Å²) in [7, 11) is 1.45. The van der Waals surface area contributed by atoms with Crippen LogP contribution in [0.25, 0.3) is 5.95 Å². The van der Waals surface area contributed by atoms with Crippen LogP contribution in [0.15, 0.2) is 18.7 Å². The molecule has 0 aliphatic heterocycles. The summed E-state index contributed by atoms with van der Waals surface area (Å²) in [6.07, 6.45) is -0.646. The third-order valence-corrected chi connectivity index (χ3v) is 2.56. The van der Waals surface area contributed by atoms with Crippen LogP contribution in [0.3, 0.4) is 0 Å². The Bertz CT molecular complexity index is 571.